The third-order valence-corrected chi connectivity index (χ3v) is 3.58. The van der Waals surface area contributed by atoms with Crippen LogP contribution in [0.2, 0.25) is 0 Å². The molecule has 1 heterocycles. The standard InChI is InChI=1S/C12H19N3O/c13-8-11-6-3-7-15(11)9-12(16)14-10-4-1-2-5-10/h10-11H,1-7,9H2,(H,14,16). The lowest BCUT2D eigenvalue weighted by Crippen LogP contribution is -2.42. The van der Waals surface area contributed by atoms with E-state index in [1.807, 2.05) is 4.90 Å². The highest BCUT2D eigenvalue weighted by molar-refractivity contribution is 5.78. The second kappa shape index (κ2) is 5.31. The number of amides is 1. The molecule has 1 saturated heterocycles. The fourth-order valence-corrected chi connectivity index (χ4v) is 2.69. The van der Waals surface area contributed by atoms with Crippen LogP contribution in [0.3, 0.4) is 0 Å². The topological polar surface area (TPSA) is 56.1 Å². The first-order chi connectivity index (χ1) is 7.79. The van der Waals surface area contributed by atoms with Gasteiger partial charge in [-0.15, -0.1) is 0 Å². The summed E-state index contributed by atoms with van der Waals surface area (Å²) in [7, 11) is 0. The first kappa shape index (κ1) is 11.4. The van der Waals surface area contributed by atoms with Gasteiger partial charge in [0.1, 0.15) is 0 Å². The van der Waals surface area contributed by atoms with Crippen LogP contribution in [0.4, 0.5) is 0 Å². The average molecular weight is 221 g/mol. The maximum atomic E-state index is 11.8. The SMILES string of the molecule is N#CC1CCCN1CC(=O)NC1CCCC1. The molecule has 4 heteroatoms. The van der Waals surface area contributed by atoms with Gasteiger partial charge in [-0.25, -0.2) is 0 Å². The number of nitriles is 1. The number of hydrogen-bond acceptors (Lipinski definition) is 3. The molecule has 0 spiro atoms. The molecule has 1 amide bonds. The van der Waals surface area contributed by atoms with Gasteiger partial charge >= 0.3 is 0 Å². The summed E-state index contributed by atoms with van der Waals surface area (Å²) in [6, 6.07) is 2.60. The van der Waals surface area contributed by atoms with Gasteiger partial charge in [-0.2, -0.15) is 5.26 Å². The van der Waals surface area contributed by atoms with E-state index in [0.29, 0.717) is 12.6 Å². The molecule has 2 aliphatic rings. The summed E-state index contributed by atoms with van der Waals surface area (Å²) >= 11 is 0. The molecule has 1 aliphatic carbocycles. The molecule has 1 aliphatic heterocycles. The summed E-state index contributed by atoms with van der Waals surface area (Å²) in [4.78, 5) is 13.7. The number of likely N-dealkylation sites (tertiary alicyclic amines) is 1. The first-order valence-corrected chi connectivity index (χ1v) is 6.22. The Kier molecular flexibility index (Phi) is 3.79. The maximum absolute atomic E-state index is 11.8. The normalized spacial score (nSPS) is 26.8. The van der Waals surface area contributed by atoms with Crippen LogP contribution in [-0.4, -0.2) is 36.0 Å². The van der Waals surface area contributed by atoms with Crippen molar-refractivity contribution >= 4 is 5.91 Å². The molecule has 0 radical (unpaired) electrons. The van der Waals surface area contributed by atoms with Crippen LogP contribution in [-0.2, 0) is 4.79 Å². The van der Waals surface area contributed by atoms with Crippen molar-refractivity contribution in [3.63, 3.8) is 0 Å². The number of carbonyl (C=O) groups excluding carboxylic acids is 1. The Bertz CT molecular complexity index is 291. The Morgan fingerprint density at radius 2 is 2.06 bits per heavy atom. The van der Waals surface area contributed by atoms with E-state index in [2.05, 4.69) is 11.4 Å². The highest BCUT2D eigenvalue weighted by Crippen LogP contribution is 2.18. The highest BCUT2D eigenvalue weighted by atomic mass is 16.2. The minimum Gasteiger partial charge on any atom is -0.352 e. The van der Waals surface area contributed by atoms with E-state index < -0.39 is 0 Å². The van der Waals surface area contributed by atoms with Crippen LogP contribution in [0.1, 0.15) is 38.5 Å². The summed E-state index contributed by atoms with van der Waals surface area (Å²) < 4.78 is 0. The molecule has 0 aromatic rings. The van der Waals surface area contributed by atoms with Gasteiger partial charge in [-0.05, 0) is 25.7 Å². The molecular weight excluding hydrogens is 202 g/mol. The second-order valence-electron chi connectivity index (χ2n) is 4.81. The molecule has 88 valence electrons. The van der Waals surface area contributed by atoms with Gasteiger partial charge in [0.25, 0.3) is 0 Å². The van der Waals surface area contributed by atoms with Crippen molar-refractivity contribution in [1.82, 2.24) is 10.2 Å². The lowest BCUT2D eigenvalue weighted by Gasteiger charge is -2.20. The van der Waals surface area contributed by atoms with Crippen molar-refractivity contribution in [2.45, 2.75) is 50.6 Å². The Balaban J connectivity index is 1.76. The van der Waals surface area contributed by atoms with Gasteiger partial charge in [0, 0.05) is 12.6 Å². The quantitative estimate of drug-likeness (QED) is 0.774. The van der Waals surface area contributed by atoms with Crippen molar-refractivity contribution in [1.29, 1.82) is 5.26 Å². The molecule has 16 heavy (non-hydrogen) atoms. The minimum absolute atomic E-state index is 0.0469. The minimum atomic E-state index is -0.0469. The van der Waals surface area contributed by atoms with E-state index >= 15 is 0 Å². The second-order valence-corrected chi connectivity index (χ2v) is 4.81. The lowest BCUT2D eigenvalue weighted by atomic mass is 10.2. The highest BCUT2D eigenvalue weighted by Gasteiger charge is 2.26. The van der Waals surface area contributed by atoms with Gasteiger partial charge in [0.05, 0.1) is 18.7 Å². The summed E-state index contributed by atoms with van der Waals surface area (Å²) in [6.45, 7) is 1.28. The third kappa shape index (κ3) is 2.73. The van der Waals surface area contributed by atoms with Crippen LogP contribution >= 0.6 is 0 Å². The van der Waals surface area contributed by atoms with E-state index in [1.165, 1.54) is 12.8 Å². The maximum Gasteiger partial charge on any atom is 0.234 e. The molecule has 1 atom stereocenters. The smallest absolute Gasteiger partial charge is 0.234 e. The van der Waals surface area contributed by atoms with E-state index in [0.717, 1.165) is 32.2 Å². The molecule has 0 aromatic carbocycles. The van der Waals surface area contributed by atoms with Crippen LogP contribution in [0.25, 0.3) is 0 Å². The van der Waals surface area contributed by atoms with Crippen LogP contribution < -0.4 is 5.32 Å². The zero-order valence-corrected chi connectivity index (χ0v) is 9.61. The zero-order valence-electron chi connectivity index (χ0n) is 9.61. The Hall–Kier alpha value is -1.08. The molecule has 1 N–H and O–H groups in total. The molecule has 2 fully saturated rings. The fourth-order valence-electron chi connectivity index (χ4n) is 2.69. The molecule has 0 aromatic heterocycles. The van der Waals surface area contributed by atoms with Gasteiger partial charge in [0.2, 0.25) is 5.91 Å². The van der Waals surface area contributed by atoms with Crippen LogP contribution in [0.5, 0.6) is 0 Å². The summed E-state index contributed by atoms with van der Waals surface area (Å²) in [5, 5.41) is 12.0. The number of nitrogens with zero attached hydrogens (tertiary/aromatic N) is 2. The van der Waals surface area contributed by atoms with Crippen molar-refractivity contribution in [3.05, 3.63) is 0 Å². The van der Waals surface area contributed by atoms with Gasteiger partial charge < -0.3 is 5.32 Å². The van der Waals surface area contributed by atoms with E-state index in [4.69, 9.17) is 5.26 Å². The zero-order chi connectivity index (χ0) is 11.4. The monoisotopic (exact) mass is 221 g/mol. The Morgan fingerprint density at radius 3 is 2.75 bits per heavy atom. The van der Waals surface area contributed by atoms with Gasteiger partial charge in [-0.1, -0.05) is 12.8 Å². The van der Waals surface area contributed by atoms with Crippen LogP contribution in [0, 0.1) is 11.3 Å². The Labute approximate surface area is 96.6 Å². The molecule has 2 rings (SSSR count). The third-order valence-electron chi connectivity index (χ3n) is 3.58. The molecule has 4 nitrogen and oxygen atoms in total. The number of nitrogens with one attached hydrogen (secondary N) is 1. The summed E-state index contributed by atoms with van der Waals surface area (Å²) in [5.41, 5.74) is 0. The molecular formula is C12H19N3O. The Morgan fingerprint density at radius 1 is 1.31 bits per heavy atom. The summed E-state index contributed by atoms with van der Waals surface area (Å²) in [5.74, 6) is 0.0917. The predicted octanol–water partition coefficient (Wildman–Crippen LogP) is 1.03. The van der Waals surface area contributed by atoms with Crippen molar-refractivity contribution < 1.29 is 4.79 Å². The average Bonchev–Trinajstić information content (AvgIpc) is 2.88. The number of carbonyl (C=O) groups is 1. The molecule has 1 unspecified atom stereocenters. The number of rotatable bonds is 3. The van der Waals surface area contributed by atoms with E-state index in [1.54, 1.807) is 0 Å². The van der Waals surface area contributed by atoms with Crippen molar-refractivity contribution in [2.75, 3.05) is 13.1 Å². The van der Waals surface area contributed by atoms with Crippen molar-refractivity contribution in [3.8, 4) is 6.07 Å². The van der Waals surface area contributed by atoms with E-state index in [-0.39, 0.29) is 11.9 Å². The predicted molar refractivity (Wildman–Crippen MR) is 60.6 cm³/mol. The fraction of sp³-hybridized carbons (Fsp3) is 0.833. The van der Waals surface area contributed by atoms with Crippen LogP contribution in [0.15, 0.2) is 0 Å². The first-order valence-electron chi connectivity index (χ1n) is 6.22. The molecule has 0 bridgehead atoms. The molecule has 1 saturated carbocycles. The van der Waals surface area contributed by atoms with Crippen molar-refractivity contribution in [2.24, 2.45) is 0 Å². The van der Waals surface area contributed by atoms with Gasteiger partial charge in [0.15, 0.2) is 0 Å². The lowest BCUT2D eigenvalue weighted by molar-refractivity contribution is -0.122. The number of hydrogen-bond donors (Lipinski definition) is 1. The van der Waals surface area contributed by atoms with Gasteiger partial charge in [-0.3, -0.25) is 9.69 Å². The summed E-state index contributed by atoms with van der Waals surface area (Å²) in [6.07, 6.45) is 6.65. The van der Waals surface area contributed by atoms with E-state index in [9.17, 15) is 4.79 Å². The largest absolute Gasteiger partial charge is 0.352 e.